The van der Waals surface area contributed by atoms with Gasteiger partial charge in [0.05, 0.1) is 0 Å². The van der Waals surface area contributed by atoms with Gasteiger partial charge in [-0.1, -0.05) is 12.2 Å². The van der Waals surface area contributed by atoms with Gasteiger partial charge in [-0.25, -0.2) is 9.97 Å². The van der Waals surface area contributed by atoms with Crippen LogP contribution >= 0.6 is 12.2 Å². The highest BCUT2D eigenvalue weighted by Gasteiger charge is 2.20. The fraction of sp³-hybridized carbons (Fsp3) is 0.545. The molecule has 6 heteroatoms. The maximum atomic E-state index is 5.59. The Bertz CT molecular complexity index is 434. The van der Waals surface area contributed by atoms with E-state index in [0.717, 1.165) is 25.2 Å². The maximum Gasteiger partial charge on any atom is 0.223 e. The first-order valence-corrected chi connectivity index (χ1v) is 6.06. The summed E-state index contributed by atoms with van der Waals surface area (Å²) in [7, 11) is 2.11. The Morgan fingerprint density at radius 1 is 1.59 bits per heavy atom. The summed E-state index contributed by atoms with van der Waals surface area (Å²) in [6, 6.07) is 2.20. The Morgan fingerprint density at radius 2 is 2.35 bits per heavy atom. The molecule has 1 aromatic heterocycles. The Kier molecular flexibility index (Phi) is 3.54. The van der Waals surface area contributed by atoms with Crippen molar-refractivity contribution in [1.82, 2.24) is 14.9 Å². The van der Waals surface area contributed by atoms with Crippen molar-refractivity contribution in [3.8, 4) is 0 Å². The molecule has 0 aliphatic carbocycles. The standard InChI is InChI=1S/C11H17N5S/c1-7-5-9(10(12)17)15-11(13-7)14-8-3-4-16(2)6-8/h5,8H,3-4,6H2,1-2H3,(H2,12,17)(H,13,14,15). The van der Waals surface area contributed by atoms with Crippen molar-refractivity contribution in [2.24, 2.45) is 5.73 Å². The second-order valence-corrected chi connectivity index (χ2v) is 4.91. The molecule has 2 heterocycles. The predicted octanol–water partition coefficient (Wildman–Crippen LogP) is 0.535. The van der Waals surface area contributed by atoms with Crippen LogP contribution in [0, 0.1) is 6.92 Å². The molecule has 0 bridgehead atoms. The van der Waals surface area contributed by atoms with Crippen LogP contribution in [0.5, 0.6) is 0 Å². The van der Waals surface area contributed by atoms with Gasteiger partial charge in [0.2, 0.25) is 5.95 Å². The smallest absolute Gasteiger partial charge is 0.223 e. The quantitative estimate of drug-likeness (QED) is 0.764. The average molecular weight is 251 g/mol. The molecule has 1 unspecified atom stereocenters. The van der Waals surface area contributed by atoms with E-state index in [-0.39, 0.29) is 0 Å². The molecule has 92 valence electrons. The Morgan fingerprint density at radius 3 is 2.94 bits per heavy atom. The van der Waals surface area contributed by atoms with Gasteiger partial charge < -0.3 is 16.0 Å². The number of rotatable bonds is 3. The minimum atomic E-state index is 0.307. The number of thiocarbonyl (C=S) groups is 1. The lowest BCUT2D eigenvalue weighted by molar-refractivity contribution is 0.414. The van der Waals surface area contributed by atoms with Crippen molar-refractivity contribution in [1.29, 1.82) is 0 Å². The Balaban J connectivity index is 2.12. The molecular formula is C11H17N5S. The van der Waals surface area contributed by atoms with Gasteiger partial charge in [-0.15, -0.1) is 0 Å². The van der Waals surface area contributed by atoms with Gasteiger partial charge in [-0.3, -0.25) is 0 Å². The van der Waals surface area contributed by atoms with Crippen molar-refractivity contribution in [3.63, 3.8) is 0 Å². The number of hydrogen-bond donors (Lipinski definition) is 2. The molecule has 5 nitrogen and oxygen atoms in total. The van der Waals surface area contributed by atoms with E-state index in [9.17, 15) is 0 Å². The summed E-state index contributed by atoms with van der Waals surface area (Å²) >= 11 is 4.93. The Labute approximate surface area is 106 Å². The lowest BCUT2D eigenvalue weighted by Gasteiger charge is -2.13. The van der Waals surface area contributed by atoms with Gasteiger partial charge >= 0.3 is 0 Å². The van der Waals surface area contributed by atoms with E-state index in [4.69, 9.17) is 18.0 Å². The van der Waals surface area contributed by atoms with Crippen molar-refractivity contribution >= 4 is 23.2 Å². The third-order valence-corrected chi connectivity index (χ3v) is 3.04. The van der Waals surface area contributed by atoms with E-state index in [1.807, 2.05) is 6.92 Å². The van der Waals surface area contributed by atoms with Gasteiger partial charge in [0.1, 0.15) is 10.7 Å². The molecule has 1 aromatic rings. The van der Waals surface area contributed by atoms with E-state index in [0.29, 0.717) is 22.7 Å². The summed E-state index contributed by atoms with van der Waals surface area (Å²) < 4.78 is 0. The van der Waals surface area contributed by atoms with E-state index in [1.54, 1.807) is 6.07 Å². The summed E-state index contributed by atoms with van der Waals surface area (Å²) in [5.41, 5.74) is 7.09. The summed E-state index contributed by atoms with van der Waals surface area (Å²) in [4.78, 5) is 11.3. The van der Waals surface area contributed by atoms with Crippen LogP contribution in [0.15, 0.2) is 6.07 Å². The lowest BCUT2D eigenvalue weighted by atomic mass is 10.3. The molecule has 0 aromatic carbocycles. The van der Waals surface area contributed by atoms with Gasteiger partial charge in [0.25, 0.3) is 0 Å². The fourth-order valence-corrected chi connectivity index (χ4v) is 2.10. The second-order valence-electron chi connectivity index (χ2n) is 4.47. The zero-order chi connectivity index (χ0) is 12.4. The predicted molar refractivity (Wildman–Crippen MR) is 72.2 cm³/mol. The molecule has 1 fully saturated rings. The highest BCUT2D eigenvalue weighted by Crippen LogP contribution is 2.12. The molecule has 1 aliphatic rings. The molecule has 0 amide bonds. The largest absolute Gasteiger partial charge is 0.388 e. The first kappa shape index (κ1) is 12.2. The fourth-order valence-electron chi connectivity index (χ4n) is 1.99. The zero-order valence-electron chi connectivity index (χ0n) is 10.1. The first-order valence-electron chi connectivity index (χ1n) is 5.65. The summed E-state index contributed by atoms with van der Waals surface area (Å²) in [6.07, 6.45) is 1.11. The van der Waals surface area contributed by atoms with Crippen molar-refractivity contribution < 1.29 is 0 Å². The van der Waals surface area contributed by atoms with Crippen molar-refractivity contribution in [2.75, 3.05) is 25.5 Å². The Hall–Kier alpha value is -1.27. The lowest BCUT2D eigenvalue weighted by Crippen LogP contribution is -2.25. The highest BCUT2D eigenvalue weighted by molar-refractivity contribution is 7.80. The number of aryl methyl sites for hydroxylation is 1. The second kappa shape index (κ2) is 4.93. The van der Waals surface area contributed by atoms with Gasteiger partial charge in [0.15, 0.2) is 0 Å². The minimum Gasteiger partial charge on any atom is -0.388 e. The highest BCUT2D eigenvalue weighted by atomic mass is 32.1. The van der Waals surface area contributed by atoms with E-state index >= 15 is 0 Å². The molecule has 1 atom stereocenters. The van der Waals surface area contributed by atoms with Crippen molar-refractivity contribution in [2.45, 2.75) is 19.4 Å². The average Bonchev–Trinajstić information content (AvgIpc) is 2.63. The number of anilines is 1. The number of likely N-dealkylation sites (tertiary alicyclic amines) is 1. The normalized spacial score (nSPS) is 20.5. The third-order valence-electron chi connectivity index (χ3n) is 2.83. The number of likely N-dealkylation sites (N-methyl/N-ethyl adjacent to an activating group) is 1. The van der Waals surface area contributed by atoms with E-state index < -0.39 is 0 Å². The van der Waals surface area contributed by atoms with Gasteiger partial charge in [-0.2, -0.15) is 0 Å². The molecular weight excluding hydrogens is 234 g/mol. The summed E-state index contributed by atoms with van der Waals surface area (Å²) in [5, 5.41) is 3.33. The molecule has 0 spiro atoms. The number of nitrogens with two attached hydrogens (primary N) is 1. The van der Waals surface area contributed by atoms with Crippen LogP contribution in [-0.4, -0.2) is 46.0 Å². The molecule has 0 saturated carbocycles. The monoisotopic (exact) mass is 251 g/mol. The van der Waals surface area contributed by atoms with Crippen LogP contribution in [0.4, 0.5) is 5.95 Å². The molecule has 3 N–H and O–H groups in total. The van der Waals surface area contributed by atoms with Crippen LogP contribution in [0.25, 0.3) is 0 Å². The minimum absolute atomic E-state index is 0.307. The SMILES string of the molecule is Cc1cc(C(N)=S)nc(NC2CCN(C)C2)n1. The van der Waals surface area contributed by atoms with Crippen LogP contribution in [0.3, 0.4) is 0 Å². The summed E-state index contributed by atoms with van der Waals surface area (Å²) in [6.45, 7) is 4.03. The van der Waals surface area contributed by atoms with Crippen LogP contribution in [-0.2, 0) is 0 Å². The van der Waals surface area contributed by atoms with Crippen LogP contribution in [0.1, 0.15) is 17.8 Å². The van der Waals surface area contributed by atoms with E-state index in [2.05, 4.69) is 27.2 Å². The molecule has 1 aliphatic heterocycles. The number of hydrogen-bond acceptors (Lipinski definition) is 5. The number of nitrogens with one attached hydrogen (secondary N) is 1. The maximum absolute atomic E-state index is 5.59. The van der Waals surface area contributed by atoms with E-state index in [1.165, 1.54) is 0 Å². The topological polar surface area (TPSA) is 67.1 Å². The molecule has 17 heavy (non-hydrogen) atoms. The van der Waals surface area contributed by atoms with Gasteiger partial charge in [0, 0.05) is 18.3 Å². The van der Waals surface area contributed by atoms with Gasteiger partial charge in [-0.05, 0) is 33.0 Å². The molecule has 1 saturated heterocycles. The van der Waals surface area contributed by atoms with Crippen LogP contribution in [0.2, 0.25) is 0 Å². The third kappa shape index (κ3) is 3.10. The molecule has 0 radical (unpaired) electrons. The zero-order valence-corrected chi connectivity index (χ0v) is 10.9. The first-order chi connectivity index (χ1) is 8.04. The number of nitrogens with zero attached hydrogens (tertiary/aromatic N) is 3. The molecule has 2 rings (SSSR count). The summed E-state index contributed by atoms with van der Waals surface area (Å²) in [5.74, 6) is 0.619. The van der Waals surface area contributed by atoms with Crippen LogP contribution < -0.4 is 11.1 Å². The number of aromatic nitrogens is 2. The van der Waals surface area contributed by atoms with Crippen molar-refractivity contribution in [3.05, 3.63) is 17.5 Å².